The van der Waals surface area contributed by atoms with Crippen LogP contribution >= 0.6 is 11.7 Å². The Hall–Kier alpha value is -1.70. The highest BCUT2D eigenvalue weighted by molar-refractivity contribution is 7.90. The van der Waals surface area contributed by atoms with Crippen molar-refractivity contribution in [3.8, 4) is 0 Å². The molecule has 1 aromatic heterocycles. The minimum Gasteiger partial charge on any atom is -0.216 e. The van der Waals surface area contributed by atoms with E-state index >= 15 is 0 Å². The molecule has 0 aliphatic heterocycles. The first-order chi connectivity index (χ1) is 7.15. The molecule has 0 bridgehead atoms. The first-order valence-corrected chi connectivity index (χ1v) is 5.85. The SMILES string of the molecule is [N-]=[N+]=NS(=O)(=O)c1cccc2nsnc12. The summed E-state index contributed by atoms with van der Waals surface area (Å²) in [5.74, 6) is 0. The second-order valence-electron chi connectivity index (χ2n) is 2.53. The van der Waals surface area contributed by atoms with E-state index in [1.54, 1.807) is 6.07 Å². The molecule has 0 radical (unpaired) electrons. The fourth-order valence-electron chi connectivity index (χ4n) is 1.08. The van der Waals surface area contributed by atoms with Crippen molar-refractivity contribution in [1.29, 1.82) is 0 Å². The quantitative estimate of drug-likeness (QED) is 0.452. The Labute approximate surface area is 88.4 Å². The topological polar surface area (TPSA) is 109 Å². The van der Waals surface area contributed by atoms with Crippen LogP contribution in [0, 0.1) is 0 Å². The van der Waals surface area contributed by atoms with Crippen LogP contribution in [0.1, 0.15) is 0 Å². The van der Waals surface area contributed by atoms with E-state index in [-0.39, 0.29) is 10.4 Å². The van der Waals surface area contributed by atoms with Crippen LogP contribution in [-0.4, -0.2) is 17.2 Å². The third kappa shape index (κ3) is 1.63. The molecule has 0 spiro atoms. The first kappa shape index (κ1) is 9.84. The van der Waals surface area contributed by atoms with Crippen molar-refractivity contribution in [3.05, 3.63) is 28.6 Å². The lowest BCUT2D eigenvalue weighted by Gasteiger charge is -1.96. The average molecular weight is 241 g/mol. The Morgan fingerprint density at radius 1 is 1.40 bits per heavy atom. The molecular formula is C6H3N5O2S2. The van der Waals surface area contributed by atoms with Gasteiger partial charge in [0.15, 0.2) is 0 Å². The van der Waals surface area contributed by atoms with Crippen molar-refractivity contribution < 1.29 is 8.42 Å². The highest BCUT2D eigenvalue weighted by atomic mass is 32.2. The number of rotatable bonds is 2. The van der Waals surface area contributed by atoms with E-state index in [1.165, 1.54) is 12.1 Å². The van der Waals surface area contributed by atoms with Crippen LogP contribution in [0.3, 0.4) is 0 Å². The van der Waals surface area contributed by atoms with E-state index < -0.39 is 10.0 Å². The second kappa shape index (κ2) is 3.46. The van der Waals surface area contributed by atoms with Crippen molar-refractivity contribution in [1.82, 2.24) is 8.75 Å². The number of sulfonamides is 1. The van der Waals surface area contributed by atoms with Crippen LogP contribution in [0.15, 0.2) is 27.6 Å². The Morgan fingerprint density at radius 2 is 2.20 bits per heavy atom. The molecule has 0 N–H and O–H groups in total. The zero-order valence-electron chi connectivity index (χ0n) is 7.10. The van der Waals surface area contributed by atoms with Crippen LogP contribution in [0.2, 0.25) is 0 Å². The second-order valence-corrected chi connectivity index (χ2v) is 4.62. The lowest BCUT2D eigenvalue weighted by molar-refractivity contribution is 0.598. The van der Waals surface area contributed by atoms with Gasteiger partial charge in [0.05, 0.1) is 11.7 Å². The van der Waals surface area contributed by atoms with Gasteiger partial charge in [-0.05, 0) is 17.7 Å². The van der Waals surface area contributed by atoms with E-state index in [2.05, 4.69) is 18.2 Å². The summed E-state index contributed by atoms with van der Waals surface area (Å²) in [4.78, 5) is 2.15. The fourth-order valence-corrected chi connectivity index (χ4v) is 2.52. The molecule has 0 fully saturated rings. The van der Waals surface area contributed by atoms with Crippen molar-refractivity contribution in [2.24, 2.45) is 4.52 Å². The maximum atomic E-state index is 11.5. The molecular weight excluding hydrogens is 238 g/mol. The molecule has 9 heteroatoms. The van der Waals surface area contributed by atoms with E-state index in [0.717, 1.165) is 11.7 Å². The summed E-state index contributed by atoms with van der Waals surface area (Å²) in [6.07, 6.45) is 0. The smallest absolute Gasteiger partial charge is 0.216 e. The minimum absolute atomic E-state index is 0.119. The van der Waals surface area contributed by atoms with Gasteiger partial charge in [0.2, 0.25) is 0 Å². The van der Waals surface area contributed by atoms with E-state index in [0.29, 0.717) is 5.52 Å². The Kier molecular flexibility index (Phi) is 2.27. The predicted molar refractivity (Wildman–Crippen MR) is 53.7 cm³/mol. The Balaban J connectivity index is 2.82. The fraction of sp³-hybridized carbons (Fsp3) is 0. The van der Waals surface area contributed by atoms with E-state index in [1.807, 2.05) is 0 Å². The number of fused-ring (bicyclic) bond motifs is 1. The minimum atomic E-state index is -3.99. The van der Waals surface area contributed by atoms with Gasteiger partial charge < -0.3 is 0 Å². The molecule has 0 aliphatic rings. The standard InChI is InChI=1S/C6H3N5O2S2/c7-10-11-15(12,13)5-3-1-2-4-6(5)9-14-8-4/h1-3H. The number of nitrogens with zero attached hydrogens (tertiary/aromatic N) is 5. The molecule has 0 atom stereocenters. The summed E-state index contributed by atoms with van der Waals surface area (Å²) >= 11 is 0.902. The zero-order chi connectivity index (χ0) is 10.9. The summed E-state index contributed by atoms with van der Waals surface area (Å²) in [7, 11) is -3.99. The van der Waals surface area contributed by atoms with Gasteiger partial charge in [0, 0.05) is 9.43 Å². The molecule has 2 aromatic rings. The largest absolute Gasteiger partial charge is 0.266 e. The van der Waals surface area contributed by atoms with Gasteiger partial charge in [0.25, 0.3) is 10.0 Å². The molecule has 7 nitrogen and oxygen atoms in total. The number of benzene rings is 1. The van der Waals surface area contributed by atoms with Gasteiger partial charge in [-0.3, -0.25) is 0 Å². The van der Waals surface area contributed by atoms with E-state index in [4.69, 9.17) is 5.53 Å². The zero-order valence-corrected chi connectivity index (χ0v) is 8.73. The van der Waals surface area contributed by atoms with Gasteiger partial charge in [-0.2, -0.15) is 8.75 Å². The highest BCUT2D eigenvalue weighted by Gasteiger charge is 2.17. The van der Waals surface area contributed by atoms with E-state index in [9.17, 15) is 8.42 Å². The summed E-state index contributed by atoms with van der Waals surface area (Å²) in [6.45, 7) is 0. The molecule has 2 rings (SSSR count). The third-order valence-electron chi connectivity index (χ3n) is 1.67. The highest BCUT2D eigenvalue weighted by Crippen LogP contribution is 2.22. The maximum absolute atomic E-state index is 11.5. The van der Waals surface area contributed by atoms with Crippen LogP contribution in [0.4, 0.5) is 0 Å². The normalized spacial score (nSPS) is 11.2. The molecule has 0 aliphatic carbocycles. The molecule has 0 unspecified atom stereocenters. The van der Waals surface area contributed by atoms with Crippen molar-refractivity contribution >= 4 is 32.8 Å². The summed E-state index contributed by atoms with van der Waals surface area (Å²) in [5.41, 5.74) is 8.83. The number of aromatic nitrogens is 2. The number of hydrogen-bond acceptors (Lipinski definition) is 5. The molecule has 76 valence electrons. The third-order valence-corrected chi connectivity index (χ3v) is 3.39. The molecule has 0 saturated carbocycles. The Bertz CT molecular complexity index is 655. The molecule has 0 amide bonds. The van der Waals surface area contributed by atoms with Crippen molar-refractivity contribution in [2.75, 3.05) is 0 Å². The molecule has 15 heavy (non-hydrogen) atoms. The number of azide groups is 1. The summed E-state index contributed by atoms with van der Waals surface area (Å²) in [6, 6.07) is 4.48. The molecule has 0 saturated heterocycles. The van der Waals surface area contributed by atoms with Crippen molar-refractivity contribution in [3.63, 3.8) is 0 Å². The van der Waals surface area contributed by atoms with Crippen LogP contribution < -0.4 is 0 Å². The van der Waals surface area contributed by atoms with Gasteiger partial charge in [-0.1, -0.05) is 6.07 Å². The molecule has 1 aromatic carbocycles. The maximum Gasteiger partial charge on any atom is 0.266 e. The van der Waals surface area contributed by atoms with Gasteiger partial charge >= 0.3 is 0 Å². The number of hydrogen-bond donors (Lipinski definition) is 0. The van der Waals surface area contributed by atoms with Crippen LogP contribution in [0.25, 0.3) is 21.5 Å². The molecule has 1 heterocycles. The monoisotopic (exact) mass is 241 g/mol. The van der Waals surface area contributed by atoms with Crippen LogP contribution in [0.5, 0.6) is 0 Å². The Morgan fingerprint density at radius 3 is 2.93 bits per heavy atom. The predicted octanol–water partition coefficient (Wildman–Crippen LogP) is 1.69. The van der Waals surface area contributed by atoms with Crippen molar-refractivity contribution in [2.45, 2.75) is 4.90 Å². The average Bonchev–Trinajstić information content (AvgIpc) is 2.64. The van der Waals surface area contributed by atoms with Gasteiger partial charge in [0.1, 0.15) is 15.9 Å². The van der Waals surface area contributed by atoms with Gasteiger partial charge in [-0.25, -0.2) is 8.42 Å². The summed E-state index contributed by atoms with van der Waals surface area (Å²) in [5, 5.41) is 0. The van der Waals surface area contributed by atoms with Crippen LogP contribution in [-0.2, 0) is 10.0 Å². The summed E-state index contributed by atoms with van der Waals surface area (Å²) < 4.78 is 33.4. The lowest BCUT2D eigenvalue weighted by Crippen LogP contribution is -1.96. The lowest BCUT2D eigenvalue weighted by atomic mass is 10.3. The first-order valence-electron chi connectivity index (χ1n) is 3.68. The van der Waals surface area contributed by atoms with Gasteiger partial charge in [-0.15, -0.1) is 0 Å².